The quantitative estimate of drug-likeness (QED) is 0.268. The van der Waals surface area contributed by atoms with Crippen molar-refractivity contribution >= 4 is 60.5 Å². The van der Waals surface area contributed by atoms with E-state index in [1.807, 2.05) is 0 Å². The topological polar surface area (TPSA) is 80.1 Å². The second kappa shape index (κ2) is 7.75. The summed E-state index contributed by atoms with van der Waals surface area (Å²) in [4.78, 5) is 22.9. The summed E-state index contributed by atoms with van der Waals surface area (Å²) in [6.45, 7) is 1.76. The molecule has 0 saturated carbocycles. The third kappa shape index (κ3) is 4.65. The monoisotopic (exact) mass is 419 g/mol. The van der Waals surface area contributed by atoms with Crippen molar-refractivity contribution in [1.82, 2.24) is 5.32 Å². The van der Waals surface area contributed by atoms with Gasteiger partial charge in [-0.3, -0.25) is 0 Å². The van der Waals surface area contributed by atoms with Crippen LogP contribution in [0.15, 0.2) is 38.9 Å². The summed E-state index contributed by atoms with van der Waals surface area (Å²) in [5, 5.41) is 11.5. The molecule has 1 aliphatic rings. The van der Waals surface area contributed by atoms with Gasteiger partial charge in [0.05, 0.1) is 0 Å². The predicted octanol–water partition coefficient (Wildman–Crippen LogP) is 1.96. The summed E-state index contributed by atoms with van der Waals surface area (Å²) in [5.41, 5.74) is 1.39. The fourth-order valence-electron chi connectivity index (χ4n) is 1.54. The molecule has 0 spiro atoms. The van der Waals surface area contributed by atoms with Gasteiger partial charge in [0.15, 0.2) is 0 Å². The second-order valence-electron chi connectivity index (χ2n) is 4.31. The van der Waals surface area contributed by atoms with Crippen molar-refractivity contribution in [3.8, 4) is 0 Å². The Bertz CT molecular complexity index is 760. The van der Waals surface area contributed by atoms with Gasteiger partial charge in [0.1, 0.15) is 0 Å². The van der Waals surface area contributed by atoms with Gasteiger partial charge in [0, 0.05) is 0 Å². The minimum absolute atomic E-state index is 0.338. The van der Waals surface area contributed by atoms with Crippen molar-refractivity contribution < 1.29 is 14.3 Å². The second-order valence-corrected chi connectivity index (χ2v) is 7.28. The Balaban J connectivity index is 2.16. The molecule has 1 fully saturated rings. The van der Waals surface area contributed by atoms with Crippen molar-refractivity contribution in [2.24, 2.45) is 10.2 Å². The zero-order valence-electron chi connectivity index (χ0n) is 12.1. The molecule has 0 bridgehead atoms. The van der Waals surface area contributed by atoms with Crippen molar-refractivity contribution in [3.63, 3.8) is 0 Å². The fraction of sp³-hybridized carbons (Fsp3) is 0.143. The van der Waals surface area contributed by atoms with Crippen LogP contribution in [0.5, 0.6) is 0 Å². The summed E-state index contributed by atoms with van der Waals surface area (Å²) in [6, 6.07) is 5.13. The van der Waals surface area contributed by atoms with Crippen molar-refractivity contribution in [2.75, 3.05) is 7.11 Å². The maximum absolute atomic E-state index is 11.7. The molecule has 23 heavy (non-hydrogen) atoms. The molecule has 0 aliphatic carbocycles. The summed E-state index contributed by atoms with van der Waals surface area (Å²) in [6.07, 6.45) is 1.16. The Morgan fingerprint density at radius 3 is 2.74 bits per heavy atom. The van der Waals surface area contributed by atoms with Crippen LogP contribution in [0, 0.1) is 0 Å². The van der Waals surface area contributed by atoms with Crippen LogP contribution >= 0.6 is 23.2 Å². The number of esters is 1. The Morgan fingerprint density at radius 1 is 1.35 bits per heavy atom. The molecular formula is C14H11Cl2N3O3Se. The SMILES string of the molecule is COC(=O)/C=C1/[Se]/C(=N\N=C(/C)c2ccc(Cl)c(Cl)c2)NC1=O. The molecule has 1 amide bonds. The van der Waals surface area contributed by atoms with Crippen LogP contribution in [-0.2, 0) is 14.3 Å². The van der Waals surface area contributed by atoms with E-state index in [1.165, 1.54) is 7.11 Å². The zero-order chi connectivity index (χ0) is 17.0. The predicted molar refractivity (Wildman–Crippen MR) is 90.1 cm³/mol. The Hall–Kier alpha value is -1.66. The summed E-state index contributed by atoms with van der Waals surface area (Å²) in [5.74, 6) is -0.940. The van der Waals surface area contributed by atoms with Gasteiger partial charge in [-0.15, -0.1) is 0 Å². The third-order valence-corrected chi connectivity index (χ3v) is 5.36. The number of amidine groups is 1. The Kier molecular flexibility index (Phi) is 5.96. The number of amides is 1. The first-order valence-electron chi connectivity index (χ1n) is 6.27. The number of nitrogens with zero attached hydrogens (tertiary/aromatic N) is 2. The van der Waals surface area contributed by atoms with E-state index < -0.39 is 20.9 Å². The van der Waals surface area contributed by atoms with Crippen LogP contribution in [-0.4, -0.2) is 44.4 Å². The average molecular weight is 419 g/mol. The van der Waals surface area contributed by atoms with Gasteiger partial charge < -0.3 is 0 Å². The van der Waals surface area contributed by atoms with Gasteiger partial charge >= 0.3 is 149 Å². The first kappa shape index (κ1) is 17.7. The number of carbonyl (C=O) groups is 2. The van der Waals surface area contributed by atoms with Crippen LogP contribution in [0.25, 0.3) is 0 Å². The Morgan fingerprint density at radius 2 is 2.09 bits per heavy atom. The standard InChI is InChI=1S/C14H11Cl2N3O3Se/c1-7(8-3-4-9(15)10(16)5-8)18-19-14-17-13(21)11(23-14)6-12(20)22-2/h3-6H,1-2H3,(H,17,19,21)/b11-6+,18-7+. The van der Waals surface area contributed by atoms with E-state index >= 15 is 0 Å². The molecule has 120 valence electrons. The number of carbonyl (C=O) groups excluding carboxylic acids is 2. The molecule has 1 heterocycles. The van der Waals surface area contributed by atoms with Gasteiger partial charge in [-0.1, -0.05) is 0 Å². The minimum atomic E-state index is -0.575. The fourth-order valence-corrected chi connectivity index (χ4v) is 3.38. The molecule has 1 aromatic rings. The van der Waals surface area contributed by atoms with E-state index in [4.69, 9.17) is 23.2 Å². The molecule has 0 atom stereocenters. The normalized spacial score (nSPS) is 18.4. The molecule has 0 aromatic heterocycles. The van der Waals surface area contributed by atoms with E-state index in [9.17, 15) is 9.59 Å². The van der Waals surface area contributed by atoms with Crippen LogP contribution in [0.3, 0.4) is 0 Å². The number of ether oxygens (including phenoxy) is 1. The molecular weight excluding hydrogens is 408 g/mol. The molecule has 1 aromatic carbocycles. The molecule has 6 nitrogen and oxygen atoms in total. The molecule has 1 aliphatic heterocycles. The maximum atomic E-state index is 11.7. The number of rotatable bonds is 3. The first-order chi connectivity index (χ1) is 10.9. The Labute approximate surface area is 148 Å². The number of hydrogen-bond donors (Lipinski definition) is 1. The van der Waals surface area contributed by atoms with Crippen molar-refractivity contribution in [1.29, 1.82) is 0 Å². The van der Waals surface area contributed by atoms with E-state index in [2.05, 4.69) is 20.3 Å². The van der Waals surface area contributed by atoms with Crippen LogP contribution in [0.1, 0.15) is 12.5 Å². The van der Waals surface area contributed by atoms with Crippen LogP contribution in [0.2, 0.25) is 10.0 Å². The van der Waals surface area contributed by atoms with Gasteiger partial charge in [-0.05, 0) is 0 Å². The molecule has 9 heteroatoms. The molecule has 1 N–H and O–H groups in total. The average Bonchev–Trinajstić information content (AvgIpc) is 2.87. The molecule has 2 rings (SSSR count). The van der Waals surface area contributed by atoms with Crippen LogP contribution in [0.4, 0.5) is 0 Å². The van der Waals surface area contributed by atoms with Gasteiger partial charge in [0.2, 0.25) is 0 Å². The van der Waals surface area contributed by atoms with E-state index in [-0.39, 0.29) is 5.91 Å². The summed E-state index contributed by atoms with van der Waals surface area (Å²) in [7, 11) is 1.25. The number of halogens is 2. The third-order valence-electron chi connectivity index (χ3n) is 2.73. The molecule has 0 unspecified atom stereocenters. The van der Waals surface area contributed by atoms with Gasteiger partial charge in [0.25, 0.3) is 0 Å². The van der Waals surface area contributed by atoms with Gasteiger partial charge in [-0.2, -0.15) is 0 Å². The number of hydrogen-bond acceptors (Lipinski definition) is 5. The molecule has 1 saturated heterocycles. The molecule has 0 radical (unpaired) electrons. The number of methoxy groups -OCH3 is 1. The van der Waals surface area contributed by atoms with Crippen LogP contribution < -0.4 is 5.32 Å². The van der Waals surface area contributed by atoms with E-state index in [1.54, 1.807) is 25.1 Å². The number of benzene rings is 1. The first-order valence-corrected chi connectivity index (χ1v) is 8.74. The van der Waals surface area contributed by atoms with E-state index in [0.29, 0.717) is 25.0 Å². The van der Waals surface area contributed by atoms with E-state index in [0.717, 1.165) is 11.6 Å². The van der Waals surface area contributed by atoms with Crippen molar-refractivity contribution in [2.45, 2.75) is 6.92 Å². The van der Waals surface area contributed by atoms with Crippen molar-refractivity contribution in [3.05, 3.63) is 44.4 Å². The number of nitrogens with one attached hydrogen (secondary N) is 1. The zero-order valence-corrected chi connectivity index (χ0v) is 15.3. The summed E-state index contributed by atoms with van der Waals surface area (Å²) < 4.78 is 5.25. The summed E-state index contributed by atoms with van der Waals surface area (Å²) >= 11 is 11.4. The van der Waals surface area contributed by atoms with Gasteiger partial charge in [-0.25, -0.2) is 0 Å².